The Hall–Kier alpha value is -2.80. The first-order chi connectivity index (χ1) is 10.4. The monoisotopic (exact) mass is 303 g/mol. The van der Waals surface area contributed by atoms with Crippen molar-refractivity contribution >= 4 is 23.0 Å². The van der Waals surface area contributed by atoms with E-state index in [0.29, 0.717) is 0 Å². The maximum absolute atomic E-state index is 12.6. The number of benzene rings is 1. The number of phenolic OH excluding ortho intramolecular Hbond substituents is 1. The number of hydrogen-bond donors (Lipinski definition) is 3. The number of aliphatic hydroxyl groups is 1. The van der Waals surface area contributed by atoms with Gasteiger partial charge in [0.05, 0.1) is 18.1 Å². The first-order valence-corrected chi connectivity index (χ1v) is 6.44. The van der Waals surface area contributed by atoms with Gasteiger partial charge in [-0.25, -0.2) is 0 Å². The molecule has 7 heteroatoms. The van der Waals surface area contributed by atoms with Crippen LogP contribution in [0.2, 0.25) is 0 Å². The molecule has 0 spiro atoms. The van der Waals surface area contributed by atoms with E-state index in [-0.39, 0.29) is 40.2 Å². The van der Waals surface area contributed by atoms with Crippen LogP contribution in [0.25, 0.3) is 17.0 Å². The number of nitrogens with two attached hydrogens (primary N) is 1. The molecular formula is C15H13NO6. The van der Waals surface area contributed by atoms with Crippen molar-refractivity contribution in [3.8, 4) is 5.75 Å². The van der Waals surface area contributed by atoms with E-state index in [1.54, 1.807) is 0 Å². The summed E-state index contributed by atoms with van der Waals surface area (Å²) in [5.41, 5.74) is 2.38. The minimum atomic E-state index is -2.23. The van der Waals surface area contributed by atoms with Gasteiger partial charge in [-0.3, -0.25) is 9.59 Å². The molecule has 1 unspecified atom stereocenters. The van der Waals surface area contributed by atoms with Gasteiger partial charge in [-0.15, -0.1) is 0 Å². The average molecular weight is 303 g/mol. The molecule has 0 saturated heterocycles. The van der Waals surface area contributed by atoms with Crippen molar-refractivity contribution in [1.29, 1.82) is 0 Å². The lowest BCUT2D eigenvalue weighted by Crippen LogP contribution is -2.46. The van der Waals surface area contributed by atoms with Crippen molar-refractivity contribution in [2.24, 2.45) is 5.73 Å². The number of carbonyl (C=O) groups excluding carboxylic acids is 1. The Bertz CT molecular complexity index is 881. The summed E-state index contributed by atoms with van der Waals surface area (Å²) in [6.07, 6.45) is 1.17. The second-order valence-electron chi connectivity index (χ2n) is 5.07. The van der Waals surface area contributed by atoms with Crippen LogP contribution in [0.1, 0.15) is 17.7 Å². The van der Waals surface area contributed by atoms with E-state index in [4.69, 9.17) is 14.9 Å². The average Bonchev–Trinajstić information content (AvgIpc) is 2.47. The van der Waals surface area contributed by atoms with Crippen molar-refractivity contribution in [1.82, 2.24) is 0 Å². The van der Waals surface area contributed by atoms with Gasteiger partial charge >= 0.3 is 0 Å². The van der Waals surface area contributed by atoms with E-state index < -0.39 is 16.9 Å². The zero-order valence-electron chi connectivity index (χ0n) is 11.6. The second kappa shape index (κ2) is 4.60. The lowest BCUT2D eigenvalue weighted by Gasteiger charge is -2.29. The molecule has 1 heterocycles. The highest BCUT2D eigenvalue weighted by Gasteiger charge is 2.45. The maximum atomic E-state index is 12.6. The van der Waals surface area contributed by atoms with Crippen LogP contribution < -0.4 is 11.2 Å². The highest BCUT2D eigenvalue weighted by Crippen LogP contribution is 2.37. The number of carbonyl (C=O) groups is 1. The number of methoxy groups -OCH3 is 1. The fraction of sp³-hybridized carbons (Fsp3) is 0.200. The standard InChI is InChI=1S/C15H13NO6/c1-21-8-5-11-12(15(20,6-8)14(16)19)13(18)9-4-7(17)2-3-10(9)22-11/h2-5,17,20H,6H2,1H3,(H2,16,19). The van der Waals surface area contributed by atoms with Gasteiger partial charge in [-0.05, 0) is 18.2 Å². The lowest BCUT2D eigenvalue weighted by molar-refractivity contribution is -0.138. The van der Waals surface area contributed by atoms with Gasteiger partial charge in [-0.2, -0.15) is 0 Å². The number of ether oxygens (including phenoxy) is 1. The molecule has 4 N–H and O–H groups in total. The molecule has 7 nitrogen and oxygen atoms in total. The fourth-order valence-corrected chi connectivity index (χ4v) is 2.57. The third kappa shape index (κ3) is 1.86. The molecule has 22 heavy (non-hydrogen) atoms. The molecule has 1 aliphatic carbocycles. The van der Waals surface area contributed by atoms with Crippen molar-refractivity contribution < 1.29 is 24.2 Å². The van der Waals surface area contributed by atoms with E-state index in [0.717, 1.165) is 0 Å². The molecule has 1 aromatic carbocycles. The van der Waals surface area contributed by atoms with Crippen LogP contribution in [-0.4, -0.2) is 23.2 Å². The number of rotatable bonds is 2. The molecular weight excluding hydrogens is 290 g/mol. The lowest BCUT2D eigenvalue weighted by atomic mass is 9.83. The van der Waals surface area contributed by atoms with Crippen LogP contribution in [0.5, 0.6) is 5.75 Å². The number of primary amides is 1. The molecule has 3 rings (SSSR count). The Morgan fingerprint density at radius 3 is 2.82 bits per heavy atom. The minimum Gasteiger partial charge on any atom is -0.508 e. The summed E-state index contributed by atoms with van der Waals surface area (Å²) in [5.74, 6) is -0.947. The van der Waals surface area contributed by atoms with Crippen molar-refractivity contribution in [3.05, 3.63) is 45.5 Å². The van der Waals surface area contributed by atoms with E-state index in [1.807, 2.05) is 0 Å². The third-order valence-electron chi connectivity index (χ3n) is 3.71. The molecule has 1 aliphatic rings. The van der Waals surface area contributed by atoms with Crippen LogP contribution in [-0.2, 0) is 15.1 Å². The molecule has 1 amide bonds. The molecule has 1 atom stereocenters. The Morgan fingerprint density at radius 2 is 2.18 bits per heavy atom. The summed E-state index contributed by atoms with van der Waals surface area (Å²) in [5, 5.41) is 20.2. The summed E-state index contributed by atoms with van der Waals surface area (Å²) >= 11 is 0. The summed E-state index contributed by atoms with van der Waals surface area (Å²) in [6.45, 7) is 0. The number of fused-ring (bicyclic) bond motifs is 2. The molecule has 0 bridgehead atoms. The zero-order chi connectivity index (χ0) is 16.1. The summed E-state index contributed by atoms with van der Waals surface area (Å²) < 4.78 is 10.6. The first kappa shape index (κ1) is 14.2. The van der Waals surface area contributed by atoms with Crippen molar-refractivity contribution in [2.45, 2.75) is 12.0 Å². The van der Waals surface area contributed by atoms with Gasteiger partial charge in [0.25, 0.3) is 5.91 Å². The summed E-state index contributed by atoms with van der Waals surface area (Å²) in [6, 6.07) is 3.99. The summed E-state index contributed by atoms with van der Waals surface area (Å²) in [7, 11) is 1.37. The van der Waals surface area contributed by atoms with E-state index in [1.165, 1.54) is 31.4 Å². The van der Waals surface area contributed by atoms with E-state index in [2.05, 4.69) is 0 Å². The van der Waals surface area contributed by atoms with Gasteiger partial charge in [0.2, 0.25) is 0 Å². The molecule has 0 fully saturated rings. The number of phenols is 1. The zero-order valence-corrected chi connectivity index (χ0v) is 11.6. The predicted molar refractivity (Wildman–Crippen MR) is 76.8 cm³/mol. The smallest absolute Gasteiger partial charge is 0.254 e. The molecule has 2 aromatic rings. The molecule has 0 radical (unpaired) electrons. The van der Waals surface area contributed by atoms with Gasteiger partial charge in [0, 0.05) is 12.5 Å². The Morgan fingerprint density at radius 1 is 1.45 bits per heavy atom. The van der Waals surface area contributed by atoms with E-state index in [9.17, 15) is 19.8 Å². The molecule has 1 aromatic heterocycles. The van der Waals surface area contributed by atoms with Crippen LogP contribution in [0.15, 0.2) is 33.2 Å². The number of amides is 1. The van der Waals surface area contributed by atoms with Gasteiger partial charge in [0.1, 0.15) is 22.9 Å². The fourth-order valence-electron chi connectivity index (χ4n) is 2.57. The largest absolute Gasteiger partial charge is 0.508 e. The van der Waals surface area contributed by atoms with E-state index >= 15 is 0 Å². The van der Waals surface area contributed by atoms with Crippen LogP contribution in [0.4, 0.5) is 0 Å². The topological polar surface area (TPSA) is 123 Å². The van der Waals surface area contributed by atoms with Gasteiger partial charge in [0.15, 0.2) is 11.0 Å². The van der Waals surface area contributed by atoms with Crippen molar-refractivity contribution in [3.63, 3.8) is 0 Å². The SMILES string of the molecule is COC1=Cc2oc3ccc(O)cc3c(=O)c2C(O)(C(N)=O)C1. The van der Waals surface area contributed by atoms with Gasteiger partial charge < -0.3 is 25.1 Å². The normalized spacial score (nSPS) is 20.4. The Labute approximate surface area is 124 Å². The van der Waals surface area contributed by atoms with Gasteiger partial charge in [-0.1, -0.05) is 0 Å². The summed E-state index contributed by atoms with van der Waals surface area (Å²) in [4.78, 5) is 24.3. The molecule has 0 aliphatic heterocycles. The van der Waals surface area contributed by atoms with Crippen molar-refractivity contribution in [2.75, 3.05) is 7.11 Å². The molecule has 0 saturated carbocycles. The van der Waals surface area contributed by atoms with Crippen LogP contribution in [0.3, 0.4) is 0 Å². The quantitative estimate of drug-likeness (QED) is 0.745. The highest BCUT2D eigenvalue weighted by molar-refractivity contribution is 5.90. The predicted octanol–water partition coefficient (Wildman–Crippen LogP) is 0.562. The second-order valence-corrected chi connectivity index (χ2v) is 5.07. The van der Waals surface area contributed by atoms with Crippen LogP contribution >= 0.6 is 0 Å². The van der Waals surface area contributed by atoms with Crippen LogP contribution in [0, 0.1) is 0 Å². The Balaban J connectivity index is 2.44. The maximum Gasteiger partial charge on any atom is 0.254 e. The number of aromatic hydroxyl groups is 1. The molecule has 114 valence electrons. The first-order valence-electron chi connectivity index (χ1n) is 6.44. The minimum absolute atomic E-state index is 0.00703. The Kier molecular flexibility index (Phi) is 2.96. The highest BCUT2D eigenvalue weighted by atomic mass is 16.5. The third-order valence-corrected chi connectivity index (χ3v) is 3.71. The number of hydrogen-bond acceptors (Lipinski definition) is 6.